The highest BCUT2D eigenvalue weighted by Gasteiger charge is 2.12. The smallest absolute Gasteiger partial charge is 0.242 e. The van der Waals surface area contributed by atoms with Gasteiger partial charge in [-0.15, -0.1) is 0 Å². The molecule has 108 valence electrons. The maximum atomic E-state index is 11.7. The lowest BCUT2D eigenvalue weighted by molar-refractivity contribution is -0.127. The summed E-state index contributed by atoms with van der Waals surface area (Å²) < 4.78 is 0. The predicted octanol–water partition coefficient (Wildman–Crippen LogP) is 0.786. The van der Waals surface area contributed by atoms with Crippen LogP contribution in [0.15, 0.2) is 24.3 Å². The van der Waals surface area contributed by atoms with Gasteiger partial charge in [-0.25, -0.2) is 0 Å². The van der Waals surface area contributed by atoms with Crippen molar-refractivity contribution in [1.82, 2.24) is 10.6 Å². The largest absolute Gasteiger partial charge is 0.350 e. The second-order valence-electron chi connectivity index (χ2n) is 4.52. The van der Waals surface area contributed by atoms with Crippen LogP contribution in [-0.4, -0.2) is 23.8 Å². The number of nitrogens with one attached hydrogen (secondary N) is 3. The first-order chi connectivity index (χ1) is 9.38. The molecule has 0 saturated heterocycles. The molecule has 6 nitrogen and oxygen atoms in total. The quantitative estimate of drug-likeness (QED) is 0.743. The van der Waals surface area contributed by atoms with Gasteiger partial charge in [0, 0.05) is 26.1 Å². The van der Waals surface area contributed by atoms with E-state index in [1.165, 1.54) is 13.8 Å². The molecule has 0 heterocycles. The average Bonchev–Trinajstić information content (AvgIpc) is 2.36. The van der Waals surface area contributed by atoms with Gasteiger partial charge in [-0.3, -0.25) is 14.4 Å². The van der Waals surface area contributed by atoms with Crippen molar-refractivity contribution in [2.45, 2.75) is 33.4 Å². The summed E-state index contributed by atoms with van der Waals surface area (Å²) in [4.78, 5) is 33.4. The normalized spacial score (nSPS) is 11.3. The number of carbonyl (C=O) groups is 3. The molecule has 0 radical (unpaired) electrons. The van der Waals surface area contributed by atoms with E-state index in [1.54, 1.807) is 19.1 Å². The number of anilines is 1. The molecule has 3 amide bonds. The zero-order chi connectivity index (χ0) is 15.1. The number of benzene rings is 1. The van der Waals surface area contributed by atoms with Crippen molar-refractivity contribution in [3.8, 4) is 0 Å². The molecule has 0 saturated carbocycles. The Morgan fingerprint density at radius 1 is 1.05 bits per heavy atom. The molecule has 0 fully saturated rings. The second kappa shape index (κ2) is 7.28. The molecule has 0 aliphatic rings. The third-order valence-electron chi connectivity index (χ3n) is 2.55. The van der Waals surface area contributed by atoms with E-state index in [-0.39, 0.29) is 17.7 Å². The molecule has 0 aliphatic heterocycles. The third-order valence-corrected chi connectivity index (χ3v) is 2.55. The van der Waals surface area contributed by atoms with Crippen LogP contribution in [0.5, 0.6) is 0 Å². The highest BCUT2D eigenvalue weighted by atomic mass is 16.2. The highest BCUT2D eigenvalue weighted by molar-refractivity contribution is 5.88. The Bertz CT molecular complexity index is 497. The van der Waals surface area contributed by atoms with Gasteiger partial charge in [0.25, 0.3) is 0 Å². The number of amides is 3. The van der Waals surface area contributed by atoms with E-state index in [2.05, 4.69) is 16.0 Å². The first kappa shape index (κ1) is 15.7. The summed E-state index contributed by atoms with van der Waals surface area (Å²) in [5.74, 6) is -0.617. The summed E-state index contributed by atoms with van der Waals surface area (Å²) in [5, 5.41) is 7.90. The van der Waals surface area contributed by atoms with Gasteiger partial charge in [0.2, 0.25) is 17.7 Å². The summed E-state index contributed by atoms with van der Waals surface area (Å²) in [6.07, 6.45) is 0. The van der Waals surface area contributed by atoms with Crippen LogP contribution in [0.1, 0.15) is 26.3 Å². The van der Waals surface area contributed by atoms with E-state index in [4.69, 9.17) is 0 Å². The molecule has 0 bridgehead atoms. The van der Waals surface area contributed by atoms with Crippen LogP contribution in [0.25, 0.3) is 0 Å². The van der Waals surface area contributed by atoms with Gasteiger partial charge in [-0.2, -0.15) is 0 Å². The molecule has 6 heteroatoms. The van der Waals surface area contributed by atoms with Gasteiger partial charge in [0.1, 0.15) is 6.04 Å². The van der Waals surface area contributed by atoms with E-state index in [0.29, 0.717) is 12.2 Å². The van der Waals surface area contributed by atoms with E-state index >= 15 is 0 Å². The molecular formula is C14H19N3O3. The fourth-order valence-corrected chi connectivity index (χ4v) is 1.62. The molecule has 1 atom stereocenters. The molecule has 0 spiro atoms. The molecule has 3 N–H and O–H groups in total. The summed E-state index contributed by atoms with van der Waals surface area (Å²) in [6.45, 7) is 4.79. The van der Waals surface area contributed by atoms with Crippen molar-refractivity contribution in [3.05, 3.63) is 29.8 Å². The number of carbonyl (C=O) groups excluding carboxylic acids is 3. The van der Waals surface area contributed by atoms with Crippen molar-refractivity contribution in [2.24, 2.45) is 0 Å². The standard InChI is InChI=1S/C14H19N3O3/c1-9(16-10(2)18)14(20)15-8-12-4-6-13(7-5-12)17-11(3)19/h4-7,9H,8H2,1-3H3,(H,15,20)(H,16,18)(H,17,19). The van der Waals surface area contributed by atoms with Crippen LogP contribution in [0.2, 0.25) is 0 Å². The molecular weight excluding hydrogens is 258 g/mol. The lowest BCUT2D eigenvalue weighted by atomic mass is 10.2. The van der Waals surface area contributed by atoms with Crippen LogP contribution in [-0.2, 0) is 20.9 Å². The van der Waals surface area contributed by atoms with Crippen molar-refractivity contribution < 1.29 is 14.4 Å². The molecule has 1 unspecified atom stereocenters. The Morgan fingerprint density at radius 2 is 1.65 bits per heavy atom. The predicted molar refractivity (Wildman–Crippen MR) is 75.9 cm³/mol. The minimum Gasteiger partial charge on any atom is -0.350 e. The summed E-state index contributed by atoms with van der Waals surface area (Å²) in [7, 11) is 0. The minimum atomic E-state index is -0.564. The van der Waals surface area contributed by atoms with Crippen LogP contribution < -0.4 is 16.0 Å². The van der Waals surface area contributed by atoms with Crippen molar-refractivity contribution >= 4 is 23.4 Å². The molecule has 0 aromatic heterocycles. The van der Waals surface area contributed by atoms with E-state index in [9.17, 15) is 14.4 Å². The summed E-state index contributed by atoms with van der Waals surface area (Å²) >= 11 is 0. The monoisotopic (exact) mass is 277 g/mol. The van der Waals surface area contributed by atoms with Crippen LogP contribution in [0.3, 0.4) is 0 Å². The zero-order valence-corrected chi connectivity index (χ0v) is 11.8. The first-order valence-corrected chi connectivity index (χ1v) is 6.30. The lowest BCUT2D eigenvalue weighted by Crippen LogP contribution is -2.43. The van der Waals surface area contributed by atoms with E-state index in [0.717, 1.165) is 5.56 Å². The maximum absolute atomic E-state index is 11.7. The highest BCUT2D eigenvalue weighted by Crippen LogP contribution is 2.09. The van der Waals surface area contributed by atoms with Crippen molar-refractivity contribution in [3.63, 3.8) is 0 Å². The lowest BCUT2D eigenvalue weighted by Gasteiger charge is -2.13. The van der Waals surface area contributed by atoms with Gasteiger partial charge in [0.05, 0.1) is 0 Å². The topological polar surface area (TPSA) is 87.3 Å². The molecule has 1 rings (SSSR count). The second-order valence-corrected chi connectivity index (χ2v) is 4.52. The molecule has 1 aromatic rings. The van der Waals surface area contributed by atoms with Crippen LogP contribution >= 0.6 is 0 Å². The van der Waals surface area contributed by atoms with Gasteiger partial charge < -0.3 is 16.0 Å². The van der Waals surface area contributed by atoms with Crippen LogP contribution in [0.4, 0.5) is 5.69 Å². The Morgan fingerprint density at radius 3 is 2.15 bits per heavy atom. The Labute approximate surface area is 117 Å². The van der Waals surface area contributed by atoms with Gasteiger partial charge in [-0.1, -0.05) is 12.1 Å². The Kier molecular flexibility index (Phi) is 5.71. The van der Waals surface area contributed by atoms with Gasteiger partial charge in [-0.05, 0) is 24.6 Å². The Hall–Kier alpha value is -2.37. The zero-order valence-electron chi connectivity index (χ0n) is 11.8. The number of hydrogen-bond acceptors (Lipinski definition) is 3. The van der Waals surface area contributed by atoms with Gasteiger partial charge >= 0.3 is 0 Å². The number of hydrogen-bond donors (Lipinski definition) is 3. The third kappa shape index (κ3) is 5.51. The summed E-state index contributed by atoms with van der Waals surface area (Å²) in [5.41, 5.74) is 1.61. The number of rotatable bonds is 5. The summed E-state index contributed by atoms with van der Waals surface area (Å²) in [6, 6.07) is 6.59. The Balaban J connectivity index is 2.47. The fraction of sp³-hybridized carbons (Fsp3) is 0.357. The van der Waals surface area contributed by atoms with Crippen molar-refractivity contribution in [2.75, 3.05) is 5.32 Å². The van der Waals surface area contributed by atoms with Crippen molar-refractivity contribution in [1.29, 1.82) is 0 Å². The van der Waals surface area contributed by atoms with Crippen LogP contribution in [0, 0.1) is 0 Å². The van der Waals surface area contributed by atoms with Gasteiger partial charge in [0.15, 0.2) is 0 Å². The fourth-order valence-electron chi connectivity index (χ4n) is 1.62. The minimum absolute atomic E-state index is 0.129. The average molecular weight is 277 g/mol. The van der Waals surface area contributed by atoms with E-state index in [1.807, 2.05) is 12.1 Å². The SMILES string of the molecule is CC(=O)Nc1ccc(CNC(=O)C(C)NC(C)=O)cc1. The maximum Gasteiger partial charge on any atom is 0.242 e. The molecule has 20 heavy (non-hydrogen) atoms. The first-order valence-electron chi connectivity index (χ1n) is 6.30. The van der Waals surface area contributed by atoms with E-state index < -0.39 is 6.04 Å². The molecule has 1 aromatic carbocycles. The molecule has 0 aliphatic carbocycles.